The molecule has 0 amide bonds. The van der Waals surface area contributed by atoms with Gasteiger partial charge < -0.3 is 10.8 Å². The Kier molecular flexibility index (Phi) is 5.02. The number of benzene rings is 2. The second-order valence-corrected chi connectivity index (χ2v) is 7.47. The van der Waals surface area contributed by atoms with Gasteiger partial charge in [-0.3, -0.25) is 4.90 Å². The van der Waals surface area contributed by atoms with Crippen LogP contribution in [0.2, 0.25) is 0 Å². The van der Waals surface area contributed by atoms with Crippen LogP contribution >= 0.6 is 0 Å². The Morgan fingerprint density at radius 2 is 1.71 bits per heavy atom. The Hall–Kier alpha value is -1.71. The number of nitrogens with zero attached hydrogens (tertiary/aromatic N) is 2. The van der Waals surface area contributed by atoms with Crippen LogP contribution in [0, 0.1) is 0 Å². The molecule has 0 radical (unpaired) electrons. The van der Waals surface area contributed by atoms with E-state index in [1.807, 2.05) is 6.07 Å². The highest BCUT2D eigenvalue weighted by Crippen LogP contribution is 2.27. The molecule has 4 N–H and O–H groups in total. The van der Waals surface area contributed by atoms with E-state index in [9.17, 15) is 8.42 Å². The van der Waals surface area contributed by atoms with Crippen molar-refractivity contribution in [2.45, 2.75) is 4.90 Å². The molecule has 0 unspecified atom stereocenters. The van der Waals surface area contributed by atoms with Crippen molar-refractivity contribution in [2.75, 3.05) is 45.1 Å². The second kappa shape index (κ2) is 7.04. The third-order valence-corrected chi connectivity index (χ3v) is 5.68. The lowest BCUT2D eigenvalue weighted by molar-refractivity contribution is 0.0993. The van der Waals surface area contributed by atoms with Gasteiger partial charge in [-0.2, -0.15) is 0 Å². The minimum absolute atomic E-state index is 0.114. The fourth-order valence-corrected chi connectivity index (χ4v) is 4.31. The van der Waals surface area contributed by atoms with Crippen molar-refractivity contribution in [3.05, 3.63) is 36.4 Å². The fraction of sp³-hybridized carbons (Fsp3) is 0.375. The molecule has 3 rings (SSSR count). The lowest BCUT2D eigenvalue weighted by atomic mass is 10.1. The zero-order valence-corrected chi connectivity index (χ0v) is 14.2. The largest absolute Gasteiger partial charge is 0.398 e. The van der Waals surface area contributed by atoms with Crippen LogP contribution in [0.25, 0.3) is 10.8 Å². The van der Waals surface area contributed by atoms with Crippen molar-refractivity contribution in [1.29, 1.82) is 0 Å². The normalized spacial score (nSPS) is 17.4. The summed E-state index contributed by atoms with van der Waals surface area (Å²) in [4.78, 5) is 4.99. The molecule has 0 aliphatic carbocycles. The quantitative estimate of drug-likeness (QED) is 0.668. The zero-order valence-electron chi connectivity index (χ0n) is 13.4. The van der Waals surface area contributed by atoms with Gasteiger partial charge in [0.15, 0.2) is 0 Å². The molecular weight excluding hydrogens is 328 g/mol. The van der Waals surface area contributed by atoms with Gasteiger partial charge in [-0.05, 0) is 12.1 Å². The molecule has 0 aromatic heterocycles. The summed E-state index contributed by atoms with van der Waals surface area (Å²) < 4.78 is 25.6. The molecule has 2 aromatic carbocycles. The van der Waals surface area contributed by atoms with Crippen molar-refractivity contribution in [3.63, 3.8) is 0 Å². The molecule has 0 bridgehead atoms. The third kappa shape index (κ3) is 3.52. The number of sulfonamides is 1. The van der Waals surface area contributed by atoms with Crippen LogP contribution in [-0.4, -0.2) is 62.8 Å². The lowest BCUT2D eigenvalue weighted by Crippen LogP contribution is -2.53. The van der Waals surface area contributed by atoms with E-state index < -0.39 is 10.0 Å². The molecule has 24 heavy (non-hydrogen) atoms. The Bertz CT molecular complexity index is 817. The average Bonchev–Trinajstić information content (AvgIpc) is 2.56. The van der Waals surface area contributed by atoms with Crippen molar-refractivity contribution < 1.29 is 13.5 Å². The maximum atomic E-state index is 12.8. The highest BCUT2D eigenvalue weighted by Gasteiger charge is 2.24. The molecule has 1 fully saturated rings. The zero-order chi connectivity index (χ0) is 17.2. The third-order valence-electron chi connectivity index (χ3n) is 4.24. The molecular formula is C16H22N4O3S. The molecule has 0 atom stereocenters. The van der Waals surface area contributed by atoms with E-state index in [1.54, 1.807) is 35.3 Å². The van der Waals surface area contributed by atoms with Gasteiger partial charge in [-0.25, -0.2) is 13.4 Å². The topological polar surface area (TPSA) is 98.9 Å². The molecule has 1 saturated heterocycles. The lowest BCUT2D eigenvalue weighted by Gasteiger charge is -2.34. The molecule has 130 valence electrons. The van der Waals surface area contributed by atoms with Gasteiger partial charge in [-0.1, -0.05) is 24.3 Å². The average molecular weight is 350 g/mol. The van der Waals surface area contributed by atoms with E-state index in [-0.39, 0.29) is 11.5 Å². The van der Waals surface area contributed by atoms with Gasteiger partial charge in [0.1, 0.15) is 0 Å². The minimum Gasteiger partial charge on any atom is -0.398 e. The first kappa shape index (κ1) is 17.1. The first-order valence-corrected chi connectivity index (χ1v) is 9.37. The predicted molar refractivity (Wildman–Crippen MR) is 93.8 cm³/mol. The van der Waals surface area contributed by atoms with E-state index in [2.05, 4.69) is 9.73 Å². The predicted octanol–water partition coefficient (Wildman–Crippen LogP) is 0.225. The Morgan fingerprint density at radius 3 is 2.42 bits per heavy atom. The number of aliphatic hydroxyl groups excluding tert-OH is 1. The van der Waals surface area contributed by atoms with Gasteiger partial charge >= 0.3 is 0 Å². The van der Waals surface area contributed by atoms with Gasteiger partial charge in [0, 0.05) is 49.2 Å². The number of piperazine rings is 1. The summed E-state index contributed by atoms with van der Waals surface area (Å²) in [5.41, 5.74) is 6.50. The smallest absolute Gasteiger partial charge is 0.254 e. The molecule has 1 aliphatic rings. The number of hydrogen-bond donors (Lipinski definition) is 3. The van der Waals surface area contributed by atoms with Crippen molar-refractivity contribution >= 4 is 26.5 Å². The van der Waals surface area contributed by atoms with E-state index in [0.29, 0.717) is 43.8 Å². The Balaban J connectivity index is 1.81. The van der Waals surface area contributed by atoms with Crippen molar-refractivity contribution in [2.24, 2.45) is 0 Å². The standard InChI is InChI=1S/C16H22N4O3S/c17-15-5-1-4-14-13(15)3-2-6-16(14)24(22,23)18-20-9-7-19(8-10-20)11-12-21/h1-6,18,21H,7-12,17H2. The van der Waals surface area contributed by atoms with Crippen molar-refractivity contribution in [1.82, 2.24) is 14.7 Å². The number of rotatable bonds is 5. The van der Waals surface area contributed by atoms with Gasteiger partial charge in [0.05, 0.1) is 11.5 Å². The summed E-state index contributed by atoms with van der Waals surface area (Å²) in [5, 5.41) is 12.0. The number of nitrogen functional groups attached to an aromatic ring is 1. The highest BCUT2D eigenvalue weighted by atomic mass is 32.2. The van der Waals surface area contributed by atoms with Gasteiger partial charge in [-0.15, -0.1) is 4.83 Å². The maximum absolute atomic E-state index is 12.8. The number of β-amino-alcohol motifs (C(OH)–C–C–N with tert-alkyl or cyclic N) is 1. The molecule has 2 aromatic rings. The second-order valence-electron chi connectivity index (χ2n) is 5.85. The van der Waals surface area contributed by atoms with Crippen LogP contribution in [0.15, 0.2) is 41.3 Å². The molecule has 0 saturated carbocycles. The van der Waals surface area contributed by atoms with Crippen molar-refractivity contribution in [3.8, 4) is 0 Å². The number of anilines is 1. The number of hydrogen-bond acceptors (Lipinski definition) is 6. The summed E-state index contributed by atoms with van der Waals surface area (Å²) in [7, 11) is -3.68. The summed E-state index contributed by atoms with van der Waals surface area (Å²) in [5.74, 6) is 0. The van der Waals surface area contributed by atoms with Gasteiger partial charge in [0.2, 0.25) is 0 Å². The number of nitrogens with one attached hydrogen (secondary N) is 1. The summed E-state index contributed by atoms with van der Waals surface area (Å²) >= 11 is 0. The number of fused-ring (bicyclic) bond motifs is 1. The van der Waals surface area contributed by atoms with E-state index in [0.717, 1.165) is 5.39 Å². The number of aliphatic hydroxyl groups is 1. The van der Waals surface area contributed by atoms with Crippen LogP contribution in [0.1, 0.15) is 0 Å². The highest BCUT2D eigenvalue weighted by molar-refractivity contribution is 7.89. The maximum Gasteiger partial charge on any atom is 0.254 e. The van der Waals surface area contributed by atoms with E-state index >= 15 is 0 Å². The minimum atomic E-state index is -3.68. The monoisotopic (exact) mass is 350 g/mol. The first-order chi connectivity index (χ1) is 11.5. The molecule has 1 aliphatic heterocycles. The van der Waals surface area contributed by atoms with E-state index in [1.165, 1.54) is 0 Å². The molecule has 7 nitrogen and oxygen atoms in total. The van der Waals surface area contributed by atoms with Crippen LogP contribution < -0.4 is 10.6 Å². The summed E-state index contributed by atoms with van der Waals surface area (Å²) in [6, 6.07) is 10.4. The number of nitrogens with two attached hydrogens (primary N) is 1. The van der Waals surface area contributed by atoms with E-state index in [4.69, 9.17) is 10.8 Å². The Labute approximate surface area is 141 Å². The van der Waals surface area contributed by atoms with Crippen LogP contribution in [0.3, 0.4) is 0 Å². The van der Waals surface area contributed by atoms with Gasteiger partial charge in [0.25, 0.3) is 10.0 Å². The first-order valence-electron chi connectivity index (χ1n) is 7.89. The van der Waals surface area contributed by atoms with Crippen LogP contribution in [0.5, 0.6) is 0 Å². The molecule has 0 spiro atoms. The van der Waals surface area contributed by atoms with Crippen LogP contribution in [-0.2, 0) is 10.0 Å². The molecule has 1 heterocycles. The number of hydrazine groups is 1. The fourth-order valence-electron chi connectivity index (χ4n) is 2.96. The SMILES string of the molecule is Nc1cccc2c(S(=O)(=O)NN3CCN(CCO)CC3)cccc12. The summed E-state index contributed by atoms with van der Waals surface area (Å²) in [6.45, 7) is 3.31. The molecule has 8 heteroatoms. The van der Waals surface area contributed by atoms with Crippen LogP contribution in [0.4, 0.5) is 5.69 Å². The Morgan fingerprint density at radius 1 is 1.04 bits per heavy atom. The summed E-state index contributed by atoms with van der Waals surface area (Å²) in [6.07, 6.45) is 0.